The summed E-state index contributed by atoms with van der Waals surface area (Å²) in [5.41, 5.74) is 1.98. The number of nitrogens with zero attached hydrogens (tertiary/aromatic N) is 2. The largest absolute Gasteiger partial charge is 0.394 e. The molecule has 15 heteroatoms. The fraction of sp³-hybridized carbons (Fsp3) is 0.486. The summed E-state index contributed by atoms with van der Waals surface area (Å²) in [7, 11) is -0.705. The Hall–Kier alpha value is -2.92. The van der Waals surface area contributed by atoms with Crippen LogP contribution >= 0.6 is 7.14 Å². The molecule has 0 heterocycles. The van der Waals surface area contributed by atoms with Gasteiger partial charge < -0.3 is 55.6 Å². The molecule has 3 aromatic rings. The van der Waals surface area contributed by atoms with Gasteiger partial charge in [-0.25, -0.2) is 0 Å². The van der Waals surface area contributed by atoms with Crippen molar-refractivity contribution in [2.75, 3.05) is 40.4 Å². The highest BCUT2D eigenvalue weighted by Crippen LogP contribution is 2.48. The minimum absolute atomic E-state index is 0.0963. The van der Waals surface area contributed by atoms with Gasteiger partial charge in [-0.2, -0.15) is 0 Å². The zero-order valence-electron chi connectivity index (χ0n) is 29.8. The van der Waals surface area contributed by atoms with Gasteiger partial charge in [0.25, 0.3) is 0 Å². The summed E-state index contributed by atoms with van der Waals surface area (Å²) in [5, 5.41) is 101. The van der Waals surface area contributed by atoms with Crippen molar-refractivity contribution < 1.29 is 60.4 Å². The molecule has 52 heavy (non-hydrogen) atoms. The maximum atomic E-state index is 15.1. The van der Waals surface area contributed by atoms with Gasteiger partial charge in [0.05, 0.1) is 25.4 Å². The van der Waals surface area contributed by atoms with Crippen LogP contribution in [0.4, 0.5) is 0 Å². The fourth-order valence-electron chi connectivity index (χ4n) is 6.15. The second-order valence-corrected chi connectivity index (χ2v) is 16.0. The molecular formula is C37H53N2O12P. The SMILES string of the molecule is Cc1c(CN(C)CC(O)C(O)C(O)C(O)CO)cc(C(=O)P(=O)(c2ccccc2)c2ccccc2)c(C)c1CN(C)CC(O)C(O)C(O)C(O)CO. The van der Waals surface area contributed by atoms with Gasteiger partial charge in [0.1, 0.15) is 36.6 Å². The van der Waals surface area contributed by atoms with Gasteiger partial charge in [-0.05, 0) is 56.3 Å². The average Bonchev–Trinajstić information content (AvgIpc) is 3.15. The van der Waals surface area contributed by atoms with Crippen molar-refractivity contribution in [3.63, 3.8) is 0 Å². The molecule has 0 amide bonds. The number of carbonyl (C=O) groups is 1. The van der Waals surface area contributed by atoms with E-state index in [1.165, 1.54) is 0 Å². The summed E-state index contributed by atoms with van der Waals surface area (Å²) in [4.78, 5) is 18.0. The predicted octanol–water partition coefficient (Wildman–Crippen LogP) is -1.81. The molecule has 0 radical (unpaired) electrons. The monoisotopic (exact) mass is 748 g/mol. The number of hydrogen-bond donors (Lipinski definition) is 10. The van der Waals surface area contributed by atoms with Gasteiger partial charge in [-0.3, -0.25) is 14.6 Å². The molecule has 0 fully saturated rings. The number of rotatable bonds is 20. The molecule has 0 aliphatic carbocycles. The predicted molar refractivity (Wildman–Crippen MR) is 195 cm³/mol. The van der Waals surface area contributed by atoms with E-state index in [4.69, 9.17) is 10.2 Å². The van der Waals surface area contributed by atoms with Gasteiger partial charge in [-0.15, -0.1) is 0 Å². The summed E-state index contributed by atoms with van der Waals surface area (Å²) < 4.78 is 15.1. The molecule has 14 nitrogen and oxygen atoms in total. The van der Waals surface area contributed by atoms with Gasteiger partial charge in [0, 0.05) is 42.4 Å². The first kappa shape index (κ1) is 43.5. The Labute approximate surface area is 303 Å². The average molecular weight is 749 g/mol. The first-order valence-corrected chi connectivity index (χ1v) is 18.6. The Balaban J connectivity index is 2.09. The quantitative estimate of drug-likeness (QED) is 0.0574. The summed E-state index contributed by atoms with van der Waals surface area (Å²) in [6.45, 7) is 1.69. The van der Waals surface area contributed by atoms with E-state index in [-0.39, 0.29) is 31.7 Å². The third kappa shape index (κ3) is 10.2. The zero-order valence-corrected chi connectivity index (χ0v) is 30.7. The van der Waals surface area contributed by atoms with Gasteiger partial charge in [0.2, 0.25) is 12.7 Å². The molecule has 0 aliphatic rings. The molecule has 0 aromatic heterocycles. The van der Waals surface area contributed by atoms with Crippen molar-refractivity contribution >= 4 is 23.3 Å². The number of aliphatic hydroxyl groups excluding tert-OH is 10. The van der Waals surface area contributed by atoms with E-state index >= 15 is 4.57 Å². The first-order chi connectivity index (χ1) is 24.5. The summed E-state index contributed by atoms with van der Waals surface area (Å²) in [5.74, 6) is 0. The number of carbonyl (C=O) groups excluding carboxylic acids is 1. The summed E-state index contributed by atoms with van der Waals surface area (Å²) in [6, 6.07) is 18.5. The van der Waals surface area contributed by atoms with Gasteiger partial charge in [0.15, 0.2) is 0 Å². The molecule has 0 bridgehead atoms. The highest BCUT2D eigenvalue weighted by Gasteiger charge is 2.38. The van der Waals surface area contributed by atoms with Crippen molar-refractivity contribution in [3.05, 3.63) is 94.5 Å². The lowest BCUT2D eigenvalue weighted by atomic mass is 9.92. The van der Waals surface area contributed by atoms with Gasteiger partial charge in [-0.1, -0.05) is 60.7 Å². The minimum Gasteiger partial charge on any atom is -0.394 e. The maximum Gasteiger partial charge on any atom is 0.230 e. The van der Waals surface area contributed by atoms with Crippen molar-refractivity contribution in [2.24, 2.45) is 0 Å². The van der Waals surface area contributed by atoms with E-state index in [0.717, 1.165) is 0 Å². The number of likely N-dealkylation sites (N-methyl/N-ethyl adjacent to an activating group) is 2. The van der Waals surface area contributed by atoms with Crippen LogP contribution in [0.3, 0.4) is 0 Å². The Kier molecular flexibility index (Phi) is 16.2. The molecule has 288 valence electrons. The number of benzene rings is 3. The van der Waals surface area contributed by atoms with Crippen LogP contribution in [0.1, 0.15) is 32.6 Å². The van der Waals surface area contributed by atoms with E-state index < -0.39 is 74.7 Å². The lowest BCUT2D eigenvalue weighted by Crippen LogP contribution is -2.49. The maximum absolute atomic E-state index is 15.1. The Morgan fingerprint density at radius 3 is 1.40 bits per heavy atom. The molecule has 0 saturated heterocycles. The van der Waals surface area contributed by atoms with Crippen LogP contribution in [0.25, 0.3) is 0 Å². The molecule has 0 aliphatic heterocycles. The zero-order chi connectivity index (χ0) is 38.9. The van der Waals surface area contributed by atoms with E-state index in [1.54, 1.807) is 104 Å². The van der Waals surface area contributed by atoms with Crippen molar-refractivity contribution in [1.29, 1.82) is 0 Å². The normalized spacial score (nSPS) is 17.0. The van der Waals surface area contributed by atoms with Crippen LogP contribution in [0.5, 0.6) is 0 Å². The van der Waals surface area contributed by atoms with E-state index in [0.29, 0.717) is 32.9 Å². The molecule has 3 aromatic carbocycles. The van der Waals surface area contributed by atoms with Crippen LogP contribution < -0.4 is 10.6 Å². The third-order valence-electron chi connectivity index (χ3n) is 9.38. The van der Waals surface area contributed by atoms with Crippen LogP contribution in [0.15, 0.2) is 66.7 Å². The van der Waals surface area contributed by atoms with E-state index in [1.807, 2.05) is 0 Å². The van der Waals surface area contributed by atoms with Crippen LogP contribution in [-0.4, -0.2) is 156 Å². The van der Waals surface area contributed by atoms with Gasteiger partial charge >= 0.3 is 0 Å². The van der Waals surface area contributed by atoms with E-state index in [2.05, 4.69) is 0 Å². The Morgan fingerprint density at radius 2 is 1.00 bits per heavy atom. The fourth-order valence-corrected chi connectivity index (χ4v) is 8.67. The van der Waals surface area contributed by atoms with Crippen LogP contribution in [0.2, 0.25) is 0 Å². The first-order valence-electron chi connectivity index (χ1n) is 16.9. The lowest BCUT2D eigenvalue weighted by Gasteiger charge is -2.31. The van der Waals surface area contributed by atoms with Crippen LogP contribution in [-0.2, 0) is 17.7 Å². The topological polar surface area (TPSA) is 243 Å². The van der Waals surface area contributed by atoms with Crippen LogP contribution in [0, 0.1) is 13.8 Å². The third-order valence-corrected chi connectivity index (χ3v) is 12.2. The van der Waals surface area contributed by atoms with E-state index in [9.17, 15) is 45.6 Å². The standard InChI is InChI=1S/C37H53N2O12P/c1-22-24(16-38(3)18-29(42)33(46)35(48)31(44)20-40)15-27(23(2)28(22)17-39(4)19-30(43)34(47)36(49)32(45)21-41)37(50)52(51,25-11-7-5-8-12-25)26-13-9-6-10-14-26/h5-15,29-36,40-49H,16-21H2,1-4H3. The molecule has 8 unspecified atom stereocenters. The highest BCUT2D eigenvalue weighted by atomic mass is 31.2. The van der Waals surface area contributed by atoms with Crippen molar-refractivity contribution in [2.45, 2.75) is 75.8 Å². The molecule has 10 N–H and O–H groups in total. The number of hydrogen-bond acceptors (Lipinski definition) is 14. The second kappa shape index (κ2) is 19.4. The summed E-state index contributed by atoms with van der Waals surface area (Å²) in [6.07, 6.45) is -13.6. The molecule has 0 spiro atoms. The van der Waals surface area contributed by atoms with Crippen molar-refractivity contribution in [1.82, 2.24) is 9.80 Å². The second-order valence-electron chi connectivity index (χ2n) is 13.4. The van der Waals surface area contributed by atoms with Crippen molar-refractivity contribution in [3.8, 4) is 0 Å². The Bertz CT molecular complexity index is 1590. The molecule has 8 atom stereocenters. The molecule has 3 rings (SSSR count). The lowest BCUT2D eigenvalue weighted by molar-refractivity contribution is -0.118. The number of aliphatic hydroxyl groups is 10. The highest BCUT2D eigenvalue weighted by molar-refractivity contribution is 7.93. The summed E-state index contributed by atoms with van der Waals surface area (Å²) >= 11 is 0. The molecular weight excluding hydrogens is 695 g/mol. The Morgan fingerprint density at radius 1 is 0.615 bits per heavy atom. The smallest absolute Gasteiger partial charge is 0.230 e. The molecule has 0 saturated carbocycles. The minimum atomic E-state index is -3.96.